The zero-order valence-corrected chi connectivity index (χ0v) is 14.7. The normalized spacial score (nSPS) is 43.6. The maximum atomic E-state index is 11.2. The molecular formula is C20H29N3O+2. The third-order valence-electron chi connectivity index (χ3n) is 7.63. The number of nitrogens with one attached hydrogen (secondary N) is 3. The van der Waals surface area contributed by atoms with E-state index in [0.717, 1.165) is 39.0 Å². The molecule has 0 unspecified atom stereocenters. The molecule has 1 aromatic carbocycles. The van der Waals surface area contributed by atoms with E-state index in [1.54, 1.807) is 9.80 Å². The highest BCUT2D eigenvalue weighted by atomic mass is 16.3. The zero-order valence-electron chi connectivity index (χ0n) is 14.7. The largest absolute Gasteiger partial charge is 0.391 e. The summed E-state index contributed by atoms with van der Waals surface area (Å²) in [5.41, 5.74) is 2.97. The Labute approximate surface area is 143 Å². The van der Waals surface area contributed by atoms with Crippen LogP contribution < -0.4 is 9.80 Å². The fourth-order valence-corrected chi connectivity index (χ4v) is 6.45. The van der Waals surface area contributed by atoms with Crippen LogP contribution in [0.4, 0.5) is 0 Å². The van der Waals surface area contributed by atoms with Gasteiger partial charge in [-0.05, 0) is 18.9 Å². The minimum absolute atomic E-state index is 0.114. The van der Waals surface area contributed by atoms with Crippen LogP contribution in [0.25, 0.3) is 10.9 Å². The van der Waals surface area contributed by atoms with E-state index in [1.165, 1.54) is 16.5 Å². The van der Waals surface area contributed by atoms with Crippen LogP contribution in [0.2, 0.25) is 0 Å². The Bertz CT molecular complexity index is 742. The Morgan fingerprint density at radius 2 is 1.62 bits per heavy atom. The van der Waals surface area contributed by atoms with Crippen molar-refractivity contribution >= 4 is 10.9 Å². The van der Waals surface area contributed by atoms with E-state index in [9.17, 15) is 5.11 Å². The van der Waals surface area contributed by atoms with Crippen LogP contribution >= 0.6 is 0 Å². The molecule has 0 amide bonds. The van der Waals surface area contributed by atoms with Crippen molar-refractivity contribution in [2.45, 2.75) is 39.0 Å². The molecule has 0 radical (unpaired) electrons. The van der Waals surface area contributed by atoms with Gasteiger partial charge >= 0.3 is 0 Å². The lowest BCUT2D eigenvalue weighted by Gasteiger charge is -2.64. The van der Waals surface area contributed by atoms with E-state index in [4.69, 9.17) is 0 Å². The first-order valence-corrected chi connectivity index (χ1v) is 9.56. The van der Waals surface area contributed by atoms with E-state index < -0.39 is 0 Å². The number of fused-ring (bicyclic) bond motifs is 1. The molecule has 4 aliphatic heterocycles. The van der Waals surface area contributed by atoms with Gasteiger partial charge in [-0.1, -0.05) is 32.0 Å². The molecule has 0 spiro atoms. The van der Waals surface area contributed by atoms with Crippen molar-refractivity contribution in [3.8, 4) is 0 Å². The van der Waals surface area contributed by atoms with Crippen LogP contribution in [0, 0.1) is 10.8 Å². The number of rotatable bonds is 3. The van der Waals surface area contributed by atoms with Gasteiger partial charge in [-0.25, -0.2) is 0 Å². The molecular weight excluding hydrogens is 298 g/mol. The molecule has 0 atom stereocenters. The second kappa shape index (κ2) is 4.84. The molecule has 0 aliphatic carbocycles. The topological polar surface area (TPSA) is 44.9 Å². The van der Waals surface area contributed by atoms with E-state index in [0.29, 0.717) is 6.17 Å². The van der Waals surface area contributed by atoms with Crippen LogP contribution in [0.5, 0.6) is 0 Å². The van der Waals surface area contributed by atoms with Crippen LogP contribution in [-0.2, 0) is 0 Å². The maximum absolute atomic E-state index is 11.2. The second-order valence-electron chi connectivity index (χ2n) is 8.58. The summed E-state index contributed by atoms with van der Waals surface area (Å²) in [6.07, 6.45) is 4.85. The summed E-state index contributed by atoms with van der Waals surface area (Å²) >= 11 is 0. The number of hydrogen-bond donors (Lipinski definition) is 4. The summed E-state index contributed by atoms with van der Waals surface area (Å²) < 4.78 is 0. The fraction of sp³-hybridized carbons (Fsp3) is 0.600. The molecule has 4 aliphatic rings. The van der Waals surface area contributed by atoms with Gasteiger partial charge < -0.3 is 10.1 Å². The second-order valence-corrected chi connectivity index (χ2v) is 8.58. The predicted molar refractivity (Wildman–Crippen MR) is 93.9 cm³/mol. The van der Waals surface area contributed by atoms with Crippen molar-refractivity contribution in [1.29, 1.82) is 0 Å². The van der Waals surface area contributed by atoms with Gasteiger partial charge in [0.1, 0.15) is 0 Å². The summed E-state index contributed by atoms with van der Waals surface area (Å²) in [6.45, 7) is 9.06. The number of aromatic nitrogens is 1. The SMILES string of the molecule is CCC12C[NH+]3CC(CC)(C[NH+](C1)C3c1c[nH]c3ccccc13)C2O. The molecule has 4 N–H and O–H groups in total. The predicted octanol–water partition coefficient (Wildman–Crippen LogP) is 0.131. The number of piperidine rings is 2. The van der Waals surface area contributed by atoms with Crippen molar-refractivity contribution in [2.75, 3.05) is 26.2 Å². The minimum atomic E-state index is -0.114. The molecule has 4 nitrogen and oxygen atoms in total. The number of H-pyrrole nitrogens is 1. The van der Waals surface area contributed by atoms with Gasteiger partial charge in [0.25, 0.3) is 0 Å². The summed E-state index contributed by atoms with van der Waals surface area (Å²) in [5.74, 6) is 0. The molecule has 24 heavy (non-hydrogen) atoms. The van der Waals surface area contributed by atoms with Crippen LogP contribution in [0.1, 0.15) is 38.4 Å². The van der Waals surface area contributed by atoms with E-state index in [2.05, 4.69) is 49.3 Å². The number of aliphatic hydroxyl groups excluding tert-OH is 1. The first-order chi connectivity index (χ1) is 11.6. The molecule has 4 heteroatoms. The smallest absolute Gasteiger partial charge is 0.242 e. The lowest BCUT2D eigenvalue weighted by molar-refractivity contribution is -1.19. The highest BCUT2D eigenvalue weighted by Gasteiger charge is 2.70. The quantitative estimate of drug-likeness (QED) is 0.636. The van der Waals surface area contributed by atoms with Crippen molar-refractivity contribution in [3.05, 3.63) is 36.0 Å². The monoisotopic (exact) mass is 327 g/mol. The number of aromatic amines is 1. The molecule has 128 valence electrons. The molecule has 4 fully saturated rings. The van der Waals surface area contributed by atoms with Gasteiger partial charge in [0.15, 0.2) is 0 Å². The number of hydrogen-bond acceptors (Lipinski definition) is 1. The van der Waals surface area contributed by atoms with Gasteiger partial charge in [-0.2, -0.15) is 0 Å². The first kappa shape index (κ1) is 14.9. The molecule has 4 saturated heterocycles. The van der Waals surface area contributed by atoms with E-state index >= 15 is 0 Å². The van der Waals surface area contributed by atoms with Crippen LogP contribution in [0.3, 0.4) is 0 Å². The van der Waals surface area contributed by atoms with Crippen molar-refractivity contribution in [3.63, 3.8) is 0 Å². The van der Waals surface area contributed by atoms with Crippen molar-refractivity contribution in [2.24, 2.45) is 10.8 Å². The van der Waals surface area contributed by atoms with Gasteiger partial charge in [0.2, 0.25) is 6.17 Å². The van der Waals surface area contributed by atoms with Crippen LogP contribution in [0.15, 0.2) is 30.5 Å². The Hall–Kier alpha value is -1.36. The number of quaternary nitrogens is 2. The first-order valence-electron chi connectivity index (χ1n) is 9.56. The standard InChI is InChI=1S/C20H27N3O/c1-3-19-10-22-12-20(4-2,18(19)24)13-23(11-19)17(22)15-9-21-16-8-6-5-7-14(15)16/h5-9,17-18,21,24H,3-4,10-13H2,1-2H3/p+2. The summed E-state index contributed by atoms with van der Waals surface area (Å²) in [5, 5.41) is 12.6. The van der Waals surface area contributed by atoms with E-state index in [-0.39, 0.29) is 16.9 Å². The Balaban J connectivity index is 1.61. The average Bonchev–Trinajstić information content (AvgIpc) is 3.02. The Kier molecular flexibility index (Phi) is 3.01. The highest BCUT2D eigenvalue weighted by Crippen LogP contribution is 2.44. The molecule has 5 heterocycles. The molecule has 1 aromatic heterocycles. The lowest BCUT2D eigenvalue weighted by Crippen LogP contribution is -3.41. The van der Waals surface area contributed by atoms with Gasteiger partial charge in [-0.3, -0.25) is 9.80 Å². The van der Waals surface area contributed by atoms with Gasteiger partial charge in [0.05, 0.1) is 48.7 Å². The van der Waals surface area contributed by atoms with Crippen molar-refractivity contribution in [1.82, 2.24) is 4.98 Å². The minimum Gasteiger partial charge on any atom is -0.391 e. The summed E-state index contributed by atoms with van der Waals surface area (Å²) in [6, 6.07) is 8.69. The third-order valence-corrected chi connectivity index (χ3v) is 7.63. The Morgan fingerprint density at radius 3 is 2.21 bits per heavy atom. The molecule has 4 bridgehead atoms. The number of aliphatic hydroxyl groups is 1. The van der Waals surface area contributed by atoms with Crippen LogP contribution in [-0.4, -0.2) is 42.4 Å². The maximum Gasteiger partial charge on any atom is 0.242 e. The average molecular weight is 327 g/mol. The molecule has 2 aromatic rings. The molecule has 6 rings (SSSR count). The van der Waals surface area contributed by atoms with E-state index in [1.807, 2.05) is 0 Å². The van der Waals surface area contributed by atoms with Gasteiger partial charge in [0, 0.05) is 17.1 Å². The highest BCUT2D eigenvalue weighted by molar-refractivity contribution is 5.83. The van der Waals surface area contributed by atoms with Crippen molar-refractivity contribution < 1.29 is 14.9 Å². The zero-order chi connectivity index (χ0) is 16.5. The summed E-state index contributed by atoms with van der Waals surface area (Å²) in [4.78, 5) is 6.87. The third kappa shape index (κ3) is 1.69. The van der Waals surface area contributed by atoms with Gasteiger partial charge in [-0.15, -0.1) is 0 Å². The lowest BCUT2D eigenvalue weighted by atomic mass is 9.57. The number of benzene rings is 1. The summed E-state index contributed by atoms with van der Waals surface area (Å²) in [7, 11) is 0. The number of para-hydroxylation sites is 1. The molecule has 0 saturated carbocycles. The fourth-order valence-electron chi connectivity index (χ4n) is 6.45. The Morgan fingerprint density at radius 1 is 1.04 bits per heavy atom.